The zero-order chi connectivity index (χ0) is 18.7. The molecule has 0 bridgehead atoms. The molecule has 26 heavy (non-hydrogen) atoms. The van der Waals surface area contributed by atoms with Crippen molar-refractivity contribution in [2.75, 3.05) is 18.4 Å². The maximum atomic E-state index is 13.2. The average molecular weight is 362 g/mol. The molecule has 0 radical (unpaired) electrons. The third-order valence-corrected chi connectivity index (χ3v) is 4.30. The molecule has 3 rings (SSSR count). The second-order valence-corrected chi connectivity index (χ2v) is 6.26. The van der Waals surface area contributed by atoms with Gasteiger partial charge in [-0.1, -0.05) is 12.1 Å². The van der Waals surface area contributed by atoms with Gasteiger partial charge in [-0.15, -0.1) is 0 Å². The zero-order valence-electron chi connectivity index (χ0n) is 13.8. The Bertz CT molecular complexity index is 804. The number of anilines is 1. The fourth-order valence-corrected chi connectivity index (χ4v) is 2.95. The minimum absolute atomic E-state index is 0.0183. The van der Waals surface area contributed by atoms with E-state index in [1.54, 1.807) is 17.0 Å². The van der Waals surface area contributed by atoms with Crippen molar-refractivity contribution in [3.05, 3.63) is 65.5 Å². The van der Waals surface area contributed by atoms with Crippen LogP contribution in [0.5, 0.6) is 0 Å². The quantitative estimate of drug-likeness (QED) is 0.888. The molecule has 0 aromatic heterocycles. The summed E-state index contributed by atoms with van der Waals surface area (Å²) >= 11 is 0. The SMILES string of the molecule is O=C(Nc1cc(F)cc(F)c1)[C@@H]1CC(=O)N(CCc2ccc(F)cc2)C1. The first-order chi connectivity index (χ1) is 12.4. The molecule has 0 saturated carbocycles. The molecule has 2 amide bonds. The van der Waals surface area contributed by atoms with E-state index in [1.165, 1.54) is 12.1 Å². The van der Waals surface area contributed by atoms with Crippen LogP contribution in [0.25, 0.3) is 0 Å². The van der Waals surface area contributed by atoms with Crippen LogP contribution in [0.2, 0.25) is 0 Å². The van der Waals surface area contributed by atoms with E-state index < -0.39 is 23.5 Å². The van der Waals surface area contributed by atoms with E-state index in [1.807, 2.05) is 0 Å². The zero-order valence-corrected chi connectivity index (χ0v) is 13.8. The van der Waals surface area contributed by atoms with E-state index >= 15 is 0 Å². The van der Waals surface area contributed by atoms with Crippen molar-refractivity contribution in [3.63, 3.8) is 0 Å². The van der Waals surface area contributed by atoms with Gasteiger partial charge in [0.2, 0.25) is 11.8 Å². The van der Waals surface area contributed by atoms with E-state index in [-0.39, 0.29) is 30.4 Å². The summed E-state index contributed by atoms with van der Waals surface area (Å²) in [4.78, 5) is 25.9. The number of hydrogen-bond donors (Lipinski definition) is 1. The maximum Gasteiger partial charge on any atom is 0.229 e. The molecule has 1 atom stereocenters. The molecule has 1 aliphatic heterocycles. The van der Waals surface area contributed by atoms with Crippen molar-refractivity contribution >= 4 is 17.5 Å². The minimum Gasteiger partial charge on any atom is -0.342 e. The normalized spacial score (nSPS) is 16.8. The van der Waals surface area contributed by atoms with Crippen molar-refractivity contribution in [2.24, 2.45) is 5.92 Å². The highest BCUT2D eigenvalue weighted by molar-refractivity contribution is 5.97. The second-order valence-electron chi connectivity index (χ2n) is 6.26. The van der Waals surface area contributed by atoms with Gasteiger partial charge in [0.15, 0.2) is 0 Å². The molecule has 7 heteroatoms. The Morgan fingerprint density at radius 3 is 2.35 bits per heavy atom. The number of carbonyl (C=O) groups is 2. The summed E-state index contributed by atoms with van der Waals surface area (Å²) in [6.07, 6.45) is 0.600. The predicted octanol–water partition coefficient (Wildman–Crippen LogP) is 3.13. The first-order valence-electron chi connectivity index (χ1n) is 8.20. The lowest BCUT2D eigenvalue weighted by Gasteiger charge is -2.16. The van der Waals surface area contributed by atoms with Crippen LogP contribution in [0.3, 0.4) is 0 Å². The highest BCUT2D eigenvalue weighted by atomic mass is 19.1. The number of halogens is 3. The lowest BCUT2D eigenvalue weighted by molar-refractivity contribution is -0.128. The van der Waals surface area contributed by atoms with Gasteiger partial charge in [-0.3, -0.25) is 9.59 Å². The third kappa shape index (κ3) is 4.41. The number of nitrogens with zero attached hydrogens (tertiary/aromatic N) is 1. The second kappa shape index (κ2) is 7.59. The largest absolute Gasteiger partial charge is 0.342 e. The Kier molecular flexibility index (Phi) is 5.25. The van der Waals surface area contributed by atoms with Gasteiger partial charge in [0.25, 0.3) is 0 Å². The van der Waals surface area contributed by atoms with Gasteiger partial charge in [-0.2, -0.15) is 0 Å². The summed E-state index contributed by atoms with van der Waals surface area (Å²) in [5, 5.41) is 2.45. The summed E-state index contributed by atoms with van der Waals surface area (Å²) in [5.41, 5.74) is 0.909. The molecule has 2 aromatic rings. The van der Waals surface area contributed by atoms with Crippen molar-refractivity contribution in [3.8, 4) is 0 Å². The molecule has 1 fully saturated rings. The summed E-state index contributed by atoms with van der Waals surface area (Å²) in [5.74, 6) is -3.09. The maximum absolute atomic E-state index is 13.2. The summed E-state index contributed by atoms with van der Waals surface area (Å²) in [6, 6.07) is 8.77. The standard InChI is InChI=1S/C19H17F3N2O2/c20-14-3-1-12(2-4-14)5-6-24-11-13(7-18(24)25)19(26)23-17-9-15(21)8-16(22)10-17/h1-4,8-10,13H,5-7,11H2,(H,23,26)/t13-/m1/s1. The monoisotopic (exact) mass is 362 g/mol. The van der Waals surface area contributed by atoms with E-state index in [4.69, 9.17) is 0 Å². The van der Waals surface area contributed by atoms with Gasteiger partial charge in [-0.05, 0) is 36.2 Å². The van der Waals surface area contributed by atoms with E-state index in [9.17, 15) is 22.8 Å². The molecule has 0 unspecified atom stereocenters. The average Bonchev–Trinajstić information content (AvgIpc) is 2.94. The van der Waals surface area contributed by atoms with Crippen molar-refractivity contribution in [1.82, 2.24) is 4.90 Å². The van der Waals surface area contributed by atoms with Crippen LogP contribution in [-0.4, -0.2) is 29.8 Å². The fourth-order valence-electron chi connectivity index (χ4n) is 2.95. The van der Waals surface area contributed by atoms with Crippen LogP contribution >= 0.6 is 0 Å². The van der Waals surface area contributed by atoms with E-state index in [2.05, 4.69) is 5.32 Å². The van der Waals surface area contributed by atoms with Crippen LogP contribution in [0, 0.1) is 23.4 Å². The Hall–Kier alpha value is -2.83. The van der Waals surface area contributed by atoms with Gasteiger partial charge < -0.3 is 10.2 Å². The highest BCUT2D eigenvalue weighted by Gasteiger charge is 2.34. The molecule has 1 N–H and O–H groups in total. The summed E-state index contributed by atoms with van der Waals surface area (Å²) < 4.78 is 39.3. The smallest absolute Gasteiger partial charge is 0.229 e. The molecule has 2 aromatic carbocycles. The number of amides is 2. The lowest BCUT2D eigenvalue weighted by atomic mass is 10.1. The van der Waals surface area contributed by atoms with Gasteiger partial charge >= 0.3 is 0 Å². The molecule has 1 heterocycles. The number of benzene rings is 2. The Balaban J connectivity index is 1.56. The number of carbonyl (C=O) groups excluding carboxylic acids is 2. The Labute approximate surface area is 148 Å². The molecular formula is C19H17F3N2O2. The molecule has 1 aliphatic rings. The van der Waals surface area contributed by atoms with Crippen LogP contribution in [0.4, 0.5) is 18.9 Å². The number of hydrogen-bond acceptors (Lipinski definition) is 2. The molecule has 0 aliphatic carbocycles. The molecule has 136 valence electrons. The van der Waals surface area contributed by atoms with Gasteiger partial charge in [0.05, 0.1) is 5.92 Å². The van der Waals surface area contributed by atoms with Crippen LogP contribution in [0.1, 0.15) is 12.0 Å². The first-order valence-corrected chi connectivity index (χ1v) is 8.20. The highest BCUT2D eigenvalue weighted by Crippen LogP contribution is 2.21. The molecule has 1 saturated heterocycles. The van der Waals surface area contributed by atoms with E-state index in [0.29, 0.717) is 19.0 Å². The summed E-state index contributed by atoms with van der Waals surface area (Å²) in [6.45, 7) is 0.659. The number of nitrogens with one attached hydrogen (secondary N) is 1. The van der Waals surface area contributed by atoms with Crippen LogP contribution < -0.4 is 5.32 Å². The van der Waals surface area contributed by atoms with Crippen molar-refractivity contribution in [2.45, 2.75) is 12.8 Å². The number of likely N-dealkylation sites (tertiary alicyclic amines) is 1. The van der Waals surface area contributed by atoms with Gasteiger partial charge in [0, 0.05) is 31.3 Å². The van der Waals surface area contributed by atoms with Gasteiger partial charge in [0.1, 0.15) is 17.5 Å². The van der Waals surface area contributed by atoms with Crippen molar-refractivity contribution in [1.29, 1.82) is 0 Å². The summed E-state index contributed by atoms with van der Waals surface area (Å²) in [7, 11) is 0. The number of rotatable bonds is 5. The van der Waals surface area contributed by atoms with Crippen LogP contribution in [0.15, 0.2) is 42.5 Å². The molecular weight excluding hydrogens is 345 g/mol. The van der Waals surface area contributed by atoms with Crippen molar-refractivity contribution < 1.29 is 22.8 Å². The Morgan fingerprint density at radius 1 is 1.04 bits per heavy atom. The third-order valence-electron chi connectivity index (χ3n) is 4.30. The van der Waals surface area contributed by atoms with Crippen LogP contribution in [-0.2, 0) is 16.0 Å². The fraction of sp³-hybridized carbons (Fsp3) is 0.263. The molecule has 4 nitrogen and oxygen atoms in total. The minimum atomic E-state index is -0.788. The lowest BCUT2D eigenvalue weighted by Crippen LogP contribution is -2.30. The van der Waals surface area contributed by atoms with Gasteiger partial charge in [-0.25, -0.2) is 13.2 Å². The Morgan fingerprint density at radius 2 is 1.69 bits per heavy atom. The first kappa shape index (κ1) is 18.0. The predicted molar refractivity (Wildman–Crippen MR) is 89.8 cm³/mol. The van der Waals surface area contributed by atoms with E-state index in [0.717, 1.165) is 17.7 Å². The molecule has 0 spiro atoms. The topological polar surface area (TPSA) is 49.4 Å².